The van der Waals surface area contributed by atoms with Gasteiger partial charge in [-0.25, -0.2) is 0 Å². The molecule has 0 aromatic heterocycles. The SMILES string of the molecule is C/C=C/C=C/C(=O)NNC(=O)COc1cc(C)cc(C)c1. The Morgan fingerprint density at radius 2 is 1.76 bits per heavy atom. The lowest BCUT2D eigenvalue weighted by atomic mass is 10.1. The number of rotatable bonds is 5. The molecule has 112 valence electrons. The van der Waals surface area contributed by atoms with E-state index in [1.54, 1.807) is 18.2 Å². The molecule has 1 aromatic carbocycles. The molecule has 2 N–H and O–H groups in total. The Hall–Kier alpha value is -2.56. The molecule has 5 heteroatoms. The fourth-order valence-electron chi connectivity index (χ4n) is 1.63. The molecular weight excluding hydrogens is 268 g/mol. The van der Waals surface area contributed by atoms with Crippen LogP contribution in [0.15, 0.2) is 42.5 Å². The summed E-state index contributed by atoms with van der Waals surface area (Å²) in [6.07, 6.45) is 6.39. The highest BCUT2D eigenvalue weighted by atomic mass is 16.5. The first-order valence-corrected chi connectivity index (χ1v) is 6.60. The molecule has 0 atom stereocenters. The van der Waals surface area contributed by atoms with Crippen LogP contribution in [0.3, 0.4) is 0 Å². The molecule has 0 aliphatic rings. The van der Waals surface area contributed by atoms with Crippen molar-refractivity contribution in [2.24, 2.45) is 0 Å². The average Bonchev–Trinajstić information content (AvgIpc) is 2.42. The van der Waals surface area contributed by atoms with Gasteiger partial charge in [-0.05, 0) is 44.0 Å². The molecule has 0 heterocycles. The first-order chi connectivity index (χ1) is 10.0. The van der Waals surface area contributed by atoms with Crippen molar-refractivity contribution in [3.63, 3.8) is 0 Å². The molecule has 0 aliphatic carbocycles. The molecule has 0 fully saturated rings. The van der Waals surface area contributed by atoms with Gasteiger partial charge in [0.05, 0.1) is 0 Å². The van der Waals surface area contributed by atoms with Crippen molar-refractivity contribution < 1.29 is 14.3 Å². The van der Waals surface area contributed by atoms with E-state index in [0.717, 1.165) is 11.1 Å². The summed E-state index contributed by atoms with van der Waals surface area (Å²) in [4.78, 5) is 22.8. The number of allylic oxidation sites excluding steroid dienone is 3. The van der Waals surface area contributed by atoms with Crippen molar-refractivity contribution in [3.8, 4) is 5.75 Å². The van der Waals surface area contributed by atoms with Gasteiger partial charge in [-0.2, -0.15) is 0 Å². The second-order valence-corrected chi connectivity index (χ2v) is 4.53. The van der Waals surface area contributed by atoms with E-state index in [-0.39, 0.29) is 6.61 Å². The topological polar surface area (TPSA) is 67.4 Å². The summed E-state index contributed by atoms with van der Waals surface area (Å²) >= 11 is 0. The fourth-order valence-corrected chi connectivity index (χ4v) is 1.63. The summed E-state index contributed by atoms with van der Waals surface area (Å²) in [5, 5.41) is 0. The summed E-state index contributed by atoms with van der Waals surface area (Å²) in [5.74, 6) is -0.211. The van der Waals surface area contributed by atoms with Crippen LogP contribution >= 0.6 is 0 Å². The second kappa shape index (κ2) is 8.58. The normalized spacial score (nSPS) is 10.8. The molecule has 0 radical (unpaired) electrons. The number of aryl methyl sites for hydroxylation is 2. The molecule has 0 saturated heterocycles. The van der Waals surface area contributed by atoms with Gasteiger partial charge in [0.25, 0.3) is 11.8 Å². The van der Waals surface area contributed by atoms with Crippen LogP contribution in [0.25, 0.3) is 0 Å². The molecule has 21 heavy (non-hydrogen) atoms. The van der Waals surface area contributed by atoms with Gasteiger partial charge in [0.1, 0.15) is 5.75 Å². The van der Waals surface area contributed by atoms with Gasteiger partial charge in [0, 0.05) is 6.08 Å². The molecule has 0 unspecified atom stereocenters. The summed E-state index contributed by atoms with van der Waals surface area (Å²) in [6, 6.07) is 5.71. The molecule has 0 aliphatic heterocycles. The third-order valence-corrected chi connectivity index (χ3v) is 2.44. The Bertz CT molecular complexity index is 542. The van der Waals surface area contributed by atoms with E-state index in [9.17, 15) is 9.59 Å². The van der Waals surface area contributed by atoms with Gasteiger partial charge in [-0.15, -0.1) is 0 Å². The van der Waals surface area contributed by atoms with Gasteiger partial charge >= 0.3 is 0 Å². The zero-order chi connectivity index (χ0) is 15.7. The van der Waals surface area contributed by atoms with E-state index in [1.807, 2.05) is 39.0 Å². The molecule has 0 saturated carbocycles. The van der Waals surface area contributed by atoms with Gasteiger partial charge < -0.3 is 4.74 Å². The van der Waals surface area contributed by atoms with Crippen LogP contribution in [0.4, 0.5) is 0 Å². The molecule has 2 amide bonds. The third-order valence-electron chi connectivity index (χ3n) is 2.44. The lowest BCUT2D eigenvalue weighted by molar-refractivity contribution is -0.128. The standard InChI is InChI=1S/C16H20N2O3/c1-4-5-6-7-15(19)17-18-16(20)11-21-14-9-12(2)8-13(3)10-14/h4-10H,11H2,1-3H3,(H,17,19)(H,18,20)/b5-4+,7-6+. The zero-order valence-corrected chi connectivity index (χ0v) is 12.5. The van der Waals surface area contributed by atoms with Crippen LogP contribution in [-0.2, 0) is 9.59 Å². The van der Waals surface area contributed by atoms with Gasteiger partial charge in [-0.3, -0.25) is 20.4 Å². The van der Waals surface area contributed by atoms with Crippen LogP contribution in [0.2, 0.25) is 0 Å². The Morgan fingerprint density at radius 3 is 2.38 bits per heavy atom. The largest absolute Gasteiger partial charge is 0.484 e. The number of nitrogens with one attached hydrogen (secondary N) is 2. The van der Waals surface area contributed by atoms with E-state index in [2.05, 4.69) is 10.9 Å². The highest BCUT2D eigenvalue weighted by molar-refractivity contribution is 5.90. The smallest absolute Gasteiger partial charge is 0.276 e. The van der Waals surface area contributed by atoms with E-state index in [1.165, 1.54) is 6.08 Å². The van der Waals surface area contributed by atoms with E-state index >= 15 is 0 Å². The van der Waals surface area contributed by atoms with Crippen molar-refractivity contribution in [1.29, 1.82) is 0 Å². The summed E-state index contributed by atoms with van der Waals surface area (Å²) in [6.45, 7) is 5.59. The van der Waals surface area contributed by atoms with Gasteiger partial charge in [-0.1, -0.05) is 24.3 Å². The minimum Gasteiger partial charge on any atom is -0.484 e. The minimum atomic E-state index is -0.429. The van der Waals surface area contributed by atoms with Crippen molar-refractivity contribution in [2.45, 2.75) is 20.8 Å². The average molecular weight is 288 g/mol. The van der Waals surface area contributed by atoms with E-state index in [4.69, 9.17) is 4.74 Å². The molecule has 0 bridgehead atoms. The maximum Gasteiger partial charge on any atom is 0.276 e. The van der Waals surface area contributed by atoms with Crippen molar-refractivity contribution in [3.05, 3.63) is 53.6 Å². The monoisotopic (exact) mass is 288 g/mol. The number of hydrogen-bond donors (Lipinski definition) is 2. The first-order valence-electron chi connectivity index (χ1n) is 6.60. The maximum absolute atomic E-state index is 11.5. The summed E-state index contributed by atoms with van der Waals surface area (Å²) in [5.41, 5.74) is 6.66. The quantitative estimate of drug-likeness (QED) is 0.494. The summed E-state index contributed by atoms with van der Waals surface area (Å²) < 4.78 is 5.37. The number of ether oxygens (including phenoxy) is 1. The van der Waals surface area contributed by atoms with Gasteiger partial charge in [0.15, 0.2) is 6.61 Å². The molecule has 1 aromatic rings. The van der Waals surface area contributed by atoms with E-state index < -0.39 is 11.8 Å². The number of carbonyl (C=O) groups excluding carboxylic acids is 2. The molecule has 1 rings (SSSR count). The Kier molecular flexibility index (Phi) is 6.74. The Morgan fingerprint density at radius 1 is 1.10 bits per heavy atom. The van der Waals surface area contributed by atoms with Crippen LogP contribution in [0.1, 0.15) is 18.1 Å². The number of carbonyl (C=O) groups is 2. The zero-order valence-electron chi connectivity index (χ0n) is 12.5. The lowest BCUT2D eigenvalue weighted by Crippen LogP contribution is -2.43. The minimum absolute atomic E-state index is 0.165. The molecule has 0 spiro atoms. The number of hydrogen-bond acceptors (Lipinski definition) is 3. The number of benzene rings is 1. The molecule has 5 nitrogen and oxygen atoms in total. The number of amides is 2. The Balaban J connectivity index is 2.35. The summed E-state index contributed by atoms with van der Waals surface area (Å²) in [7, 11) is 0. The Labute approximate surface area is 124 Å². The highest BCUT2D eigenvalue weighted by Gasteiger charge is 2.04. The third kappa shape index (κ3) is 6.96. The predicted molar refractivity (Wildman–Crippen MR) is 81.7 cm³/mol. The van der Waals surface area contributed by atoms with Crippen molar-refractivity contribution in [1.82, 2.24) is 10.9 Å². The van der Waals surface area contributed by atoms with Crippen LogP contribution in [-0.4, -0.2) is 18.4 Å². The highest BCUT2D eigenvalue weighted by Crippen LogP contribution is 2.15. The van der Waals surface area contributed by atoms with Gasteiger partial charge in [0.2, 0.25) is 0 Å². The van der Waals surface area contributed by atoms with Crippen molar-refractivity contribution >= 4 is 11.8 Å². The van der Waals surface area contributed by atoms with Crippen LogP contribution < -0.4 is 15.6 Å². The first kappa shape index (κ1) is 16.5. The lowest BCUT2D eigenvalue weighted by Gasteiger charge is -2.09. The van der Waals surface area contributed by atoms with E-state index in [0.29, 0.717) is 5.75 Å². The second-order valence-electron chi connectivity index (χ2n) is 4.53. The maximum atomic E-state index is 11.5. The fraction of sp³-hybridized carbons (Fsp3) is 0.250. The number of hydrazine groups is 1. The predicted octanol–water partition coefficient (Wildman–Crippen LogP) is 1.96. The van der Waals surface area contributed by atoms with Crippen LogP contribution in [0.5, 0.6) is 5.75 Å². The van der Waals surface area contributed by atoms with Crippen molar-refractivity contribution in [2.75, 3.05) is 6.61 Å². The van der Waals surface area contributed by atoms with Crippen LogP contribution in [0, 0.1) is 13.8 Å². The molecular formula is C16H20N2O3.